The molecule has 0 fully saturated rings. The molecule has 0 radical (unpaired) electrons. The number of unbranched alkanes of at least 4 members (excludes halogenated alkanes) is 9. The van der Waals surface area contributed by atoms with Crippen molar-refractivity contribution >= 4 is 5.69 Å². The molecule has 0 unspecified atom stereocenters. The molecule has 0 bridgehead atoms. The smallest absolute Gasteiger partial charge is 1.00 e. The third-order valence-electron chi connectivity index (χ3n) is 4.97. The van der Waals surface area contributed by atoms with Crippen LogP contribution in [0.25, 0.3) is 0 Å². The minimum absolute atomic E-state index is 0. The predicted molar refractivity (Wildman–Crippen MR) is 114 cm³/mol. The Hall–Kier alpha value is -0.341. The molecule has 0 aliphatic carbocycles. The molecular weight excluding hydrogens is 438 g/mol. The van der Waals surface area contributed by atoms with E-state index in [-0.39, 0.29) is 34.1 Å². The maximum Gasteiger partial charge on any atom is 2.00 e. The Morgan fingerprint density at radius 1 is 0.704 bits per heavy atom. The zero-order valence-corrected chi connectivity index (χ0v) is 20.3. The van der Waals surface area contributed by atoms with Gasteiger partial charge < -0.3 is 21.5 Å². The fraction of sp³-hybridized carbons (Fsp3) is 0.583. The summed E-state index contributed by atoms with van der Waals surface area (Å²) in [5.41, 5.74) is 1.45. The van der Waals surface area contributed by atoms with Crippen LogP contribution in [0, 0.1) is 0 Å². The van der Waals surface area contributed by atoms with Crippen LogP contribution < -0.4 is 21.5 Å². The van der Waals surface area contributed by atoms with Gasteiger partial charge in [0.05, 0.1) is 20.6 Å². The number of rotatable bonds is 12. The largest absolute Gasteiger partial charge is 2.00 e. The molecule has 0 atom stereocenters. The first-order valence-corrected chi connectivity index (χ1v) is 10.4. The maximum absolute atomic E-state index is 2.32. The van der Waals surface area contributed by atoms with Crippen LogP contribution in [-0.2, 0) is 17.1 Å². The van der Waals surface area contributed by atoms with Crippen molar-refractivity contribution in [3.8, 4) is 0 Å². The minimum Gasteiger partial charge on any atom is -1.00 e. The van der Waals surface area contributed by atoms with Crippen molar-refractivity contribution in [2.24, 2.45) is 0 Å². The van der Waals surface area contributed by atoms with Gasteiger partial charge in [0, 0.05) is 5.69 Å². The Labute approximate surface area is 190 Å². The number of nitrogens with zero attached hydrogens (tertiary/aromatic N) is 1. The first kappa shape index (κ1) is 28.9. The molecule has 2 aromatic carbocycles. The van der Waals surface area contributed by atoms with Crippen molar-refractivity contribution in [3.63, 3.8) is 0 Å². The SMILES string of the molecule is CCCCCCCCCCCC[N+](C)(C)[c-]1cccc1.[Br-].[Fe+2].c1cc[cH-]c1. The maximum atomic E-state index is 2.32. The summed E-state index contributed by atoms with van der Waals surface area (Å²) in [6.07, 6.45) is 14.2. The molecule has 0 saturated heterocycles. The minimum atomic E-state index is 0. The van der Waals surface area contributed by atoms with E-state index in [1.165, 1.54) is 76.4 Å². The molecule has 0 amide bonds. The van der Waals surface area contributed by atoms with Crippen LogP contribution in [-0.4, -0.2) is 20.6 Å². The molecule has 156 valence electrons. The molecule has 0 aromatic heterocycles. The van der Waals surface area contributed by atoms with E-state index in [4.69, 9.17) is 0 Å². The standard InChI is InChI=1S/C19H35N.C5H5.BrH.Fe/c1-4-5-6-7-8-9-10-11-12-15-18-20(2,3)19-16-13-14-17-19;1-2-4-5-3-1;;/h13-14,16-17H,4-12,15,18H2,1-3H3;1-5H;1H;/q;-1;;+2/p-1. The van der Waals surface area contributed by atoms with E-state index in [1.54, 1.807) is 0 Å². The van der Waals surface area contributed by atoms with E-state index >= 15 is 0 Å². The zero-order valence-electron chi connectivity index (χ0n) is 17.7. The van der Waals surface area contributed by atoms with E-state index in [0.717, 1.165) is 4.48 Å². The first-order valence-electron chi connectivity index (χ1n) is 10.4. The summed E-state index contributed by atoms with van der Waals surface area (Å²) in [7, 11) is 4.64. The Morgan fingerprint density at radius 2 is 1.15 bits per heavy atom. The van der Waals surface area contributed by atoms with Crippen molar-refractivity contribution < 1.29 is 34.1 Å². The second-order valence-electron chi connectivity index (χ2n) is 7.70. The van der Waals surface area contributed by atoms with Gasteiger partial charge in [0.1, 0.15) is 0 Å². The van der Waals surface area contributed by atoms with Crippen LogP contribution in [0.5, 0.6) is 0 Å². The van der Waals surface area contributed by atoms with Gasteiger partial charge in [-0.05, 0) is 12.8 Å². The molecule has 3 heteroatoms. The van der Waals surface area contributed by atoms with E-state index < -0.39 is 0 Å². The summed E-state index contributed by atoms with van der Waals surface area (Å²) >= 11 is 0. The molecule has 0 aliphatic heterocycles. The van der Waals surface area contributed by atoms with Gasteiger partial charge in [0.15, 0.2) is 0 Å². The number of hydrogen-bond acceptors (Lipinski definition) is 0. The Bertz CT molecular complexity index is 459. The summed E-state index contributed by atoms with van der Waals surface area (Å²) in [4.78, 5) is 0. The molecule has 2 rings (SSSR count). The first-order chi connectivity index (χ1) is 12.2. The molecule has 1 nitrogen and oxygen atoms in total. The van der Waals surface area contributed by atoms with Crippen LogP contribution in [0.2, 0.25) is 0 Å². The topological polar surface area (TPSA) is 0 Å². The molecule has 0 N–H and O–H groups in total. The van der Waals surface area contributed by atoms with Crippen LogP contribution in [0.3, 0.4) is 0 Å². The normalized spacial score (nSPS) is 10.3. The quantitative estimate of drug-likeness (QED) is 0.185. The summed E-state index contributed by atoms with van der Waals surface area (Å²) < 4.78 is 1.03. The molecule has 0 aliphatic rings. The summed E-state index contributed by atoms with van der Waals surface area (Å²) in [6, 6.07) is 18.8. The summed E-state index contributed by atoms with van der Waals surface area (Å²) in [5, 5.41) is 0. The van der Waals surface area contributed by atoms with Gasteiger partial charge >= 0.3 is 17.1 Å². The average Bonchev–Trinajstić information content (AvgIpc) is 3.32. The molecule has 2 aromatic rings. The number of halogens is 1. The van der Waals surface area contributed by atoms with Crippen LogP contribution >= 0.6 is 0 Å². The van der Waals surface area contributed by atoms with Gasteiger partial charge in [-0.2, -0.15) is 18.2 Å². The molecular formula is C24H40BrFeN. The Morgan fingerprint density at radius 3 is 1.56 bits per heavy atom. The monoisotopic (exact) mass is 477 g/mol. The third kappa shape index (κ3) is 15.3. The van der Waals surface area contributed by atoms with Crippen molar-refractivity contribution in [2.75, 3.05) is 20.6 Å². The third-order valence-corrected chi connectivity index (χ3v) is 4.97. The summed E-state index contributed by atoms with van der Waals surface area (Å²) in [5.74, 6) is 0. The van der Waals surface area contributed by atoms with Gasteiger partial charge in [-0.15, -0.1) is 12.1 Å². The fourth-order valence-electron chi connectivity index (χ4n) is 3.21. The Balaban J connectivity index is 0. The van der Waals surface area contributed by atoms with E-state index in [9.17, 15) is 0 Å². The van der Waals surface area contributed by atoms with Crippen molar-refractivity contribution in [2.45, 2.75) is 71.1 Å². The molecule has 0 heterocycles. The van der Waals surface area contributed by atoms with Crippen molar-refractivity contribution in [1.29, 1.82) is 0 Å². The zero-order chi connectivity index (χ0) is 18.2. The van der Waals surface area contributed by atoms with Crippen molar-refractivity contribution in [3.05, 3.63) is 54.6 Å². The second kappa shape index (κ2) is 19.0. The van der Waals surface area contributed by atoms with E-state index in [0.29, 0.717) is 0 Å². The van der Waals surface area contributed by atoms with E-state index in [2.05, 4.69) is 45.3 Å². The van der Waals surface area contributed by atoms with Crippen LogP contribution in [0.15, 0.2) is 54.6 Å². The van der Waals surface area contributed by atoms with Crippen LogP contribution in [0.4, 0.5) is 5.69 Å². The molecule has 27 heavy (non-hydrogen) atoms. The fourth-order valence-corrected chi connectivity index (χ4v) is 3.21. The van der Waals surface area contributed by atoms with Gasteiger partial charge in [-0.3, -0.25) is 0 Å². The Kier molecular flexibility index (Phi) is 20.3. The van der Waals surface area contributed by atoms with Gasteiger partial charge in [-0.1, -0.05) is 58.3 Å². The van der Waals surface area contributed by atoms with Gasteiger partial charge in [0.25, 0.3) is 0 Å². The predicted octanol–water partition coefficient (Wildman–Crippen LogP) is 4.30. The second-order valence-corrected chi connectivity index (χ2v) is 7.70. The number of quaternary nitrogens is 1. The molecule has 0 spiro atoms. The van der Waals surface area contributed by atoms with Crippen LogP contribution in [0.1, 0.15) is 71.1 Å². The van der Waals surface area contributed by atoms with Crippen molar-refractivity contribution in [1.82, 2.24) is 4.48 Å². The van der Waals surface area contributed by atoms with E-state index in [1.807, 2.05) is 30.3 Å². The number of hydrogen-bond donors (Lipinski definition) is 0. The van der Waals surface area contributed by atoms with Gasteiger partial charge in [-0.25, -0.2) is 24.3 Å². The summed E-state index contributed by atoms with van der Waals surface area (Å²) in [6.45, 7) is 3.55. The molecule has 0 saturated carbocycles. The van der Waals surface area contributed by atoms with Gasteiger partial charge in [0.2, 0.25) is 0 Å². The average molecular weight is 478 g/mol.